The molecule has 0 radical (unpaired) electrons. The van der Waals surface area contributed by atoms with Crippen LogP contribution in [-0.4, -0.2) is 32.1 Å². The summed E-state index contributed by atoms with van der Waals surface area (Å²) in [5, 5.41) is 0. The van der Waals surface area contributed by atoms with Crippen molar-refractivity contribution in [3.05, 3.63) is 22.4 Å². The molecule has 0 spiro atoms. The summed E-state index contributed by atoms with van der Waals surface area (Å²) in [6.45, 7) is 1.36. The SMILES string of the molecule is CN(C)CCCOc1c(N)cc(Br)cc1F. The Morgan fingerprint density at radius 2 is 2.12 bits per heavy atom. The van der Waals surface area contributed by atoms with Gasteiger partial charge in [-0.05, 0) is 32.6 Å². The largest absolute Gasteiger partial charge is 0.488 e. The van der Waals surface area contributed by atoms with E-state index in [4.69, 9.17) is 10.5 Å². The molecule has 0 saturated heterocycles. The van der Waals surface area contributed by atoms with Gasteiger partial charge in [-0.25, -0.2) is 4.39 Å². The second-order valence-electron chi connectivity index (χ2n) is 3.81. The molecule has 0 amide bonds. The topological polar surface area (TPSA) is 38.5 Å². The second kappa shape index (κ2) is 6.06. The first-order chi connectivity index (χ1) is 7.50. The zero-order chi connectivity index (χ0) is 12.1. The van der Waals surface area contributed by atoms with Crippen LogP contribution in [0, 0.1) is 5.82 Å². The Balaban J connectivity index is 2.54. The molecular formula is C11H16BrFN2O. The number of nitrogens with zero attached hydrogens (tertiary/aromatic N) is 1. The van der Waals surface area contributed by atoms with Crippen LogP contribution < -0.4 is 10.5 Å². The van der Waals surface area contributed by atoms with E-state index in [0.717, 1.165) is 13.0 Å². The maximum absolute atomic E-state index is 13.5. The molecule has 1 aromatic carbocycles. The zero-order valence-corrected chi connectivity index (χ0v) is 11.1. The predicted molar refractivity (Wildman–Crippen MR) is 67.2 cm³/mol. The summed E-state index contributed by atoms with van der Waals surface area (Å²) in [5.74, 6) is -0.293. The maximum atomic E-state index is 13.5. The van der Waals surface area contributed by atoms with E-state index in [1.54, 1.807) is 6.07 Å². The molecular weight excluding hydrogens is 275 g/mol. The Morgan fingerprint density at radius 1 is 1.44 bits per heavy atom. The number of nitrogens with two attached hydrogens (primary N) is 1. The summed E-state index contributed by atoms with van der Waals surface area (Å²) < 4.78 is 19.4. The Bertz CT molecular complexity index is 335. The van der Waals surface area contributed by atoms with E-state index < -0.39 is 5.82 Å². The highest BCUT2D eigenvalue weighted by molar-refractivity contribution is 9.10. The van der Waals surface area contributed by atoms with Crippen LogP contribution >= 0.6 is 15.9 Å². The van der Waals surface area contributed by atoms with Crippen molar-refractivity contribution in [1.82, 2.24) is 4.90 Å². The molecule has 0 aliphatic rings. The molecule has 0 aliphatic heterocycles. The molecule has 0 aliphatic carbocycles. The van der Waals surface area contributed by atoms with Gasteiger partial charge in [-0.15, -0.1) is 0 Å². The second-order valence-corrected chi connectivity index (χ2v) is 4.73. The van der Waals surface area contributed by atoms with Crippen molar-refractivity contribution >= 4 is 21.6 Å². The number of nitrogen functional groups attached to an aromatic ring is 1. The Labute approximate surface area is 104 Å². The van der Waals surface area contributed by atoms with Gasteiger partial charge in [-0.1, -0.05) is 15.9 Å². The summed E-state index contributed by atoms with van der Waals surface area (Å²) in [6, 6.07) is 2.97. The summed E-state index contributed by atoms with van der Waals surface area (Å²) in [4.78, 5) is 2.05. The number of hydrogen-bond acceptors (Lipinski definition) is 3. The summed E-state index contributed by atoms with van der Waals surface area (Å²) in [5.41, 5.74) is 5.98. The highest BCUT2D eigenvalue weighted by Gasteiger charge is 2.09. The fraction of sp³-hybridized carbons (Fsp3) is 0.455. The molecule has 3 nitrogen and oxygen atoms in total. The van der Waals surface area contributed by atoms with Gasteiger partial charge in [0.05, 0.1) is 12.3 Å². The number of hydrogen-bond donors (Lipinski definition) is 1. The first-order valence-electron chi connectivity index (χ1n) is 5.02. The lowest BCUT2D eigenvalue weighted by Gasteiger charge is -2.12. The minimum atomic E-state index is -0.434. The third-order valence-corrected chi connectivity index (χ3v) is 2.49. The van der Waals surface area contributed by atoms with Crippen LogP contribution in [0.5, 0.6) is 5.75 Å². The van der Waals surface area contributed by atoms with E-state index in [1.165, 1.54) is 6.07 Å². The number of rotatable bonds is 5. The fourth-order valence-corrected chi connectivity index (χ4v) is 1.74. The lowest BCUT2D eigenvalue weighted by molar-refractivity contribution is 0.272. The maximum Gasteiger partial charge on any atom is 0.177 e. The van der Waals surface area contributed by atoms with Crippen LogP contribution in [0.3, 0.4) is 0 Å². The van der Waals surface area contributed by atoms with Crippen molar-refractivity contribution in [2.45, 2.75) is 6.42 Å². The first kappa shape index (κ1) is 13.3. The number of anilines is 1. The standard InChI is InChI=1S/C11H16BrFN2O/c1-15(2)4-3-5-16-11-9(13)6-8(12)7-10(11)14/h6-7H,3-5,14H2,1-2H3. The molecule has 1 rings (SSSR count). The van der Waals surface area contributed by atoms with E-state index >= 15 is 0 Å². The van der Waals surface area contributed by atoms with Crippen LogP contribution in [0.4, 0.5) is 10.1 Å². The van der Waals surface area contributed by atoms with Crippen LogP contribution in [0.2, 0.25) is 0 Å². The minimum absolute atomic E-state index is 0.141. The molecule has 90 valence electrons. The van der Waals surface area contributed by atoms with Crippen LogP contribution in [-0.2, 0) is 0 Å². The Hall–Kier alpha value is -0.810. The van der Waals surface area contributed by atoms with Gasteiger partial charge in [-0.3, -0.25) is 0 Å². The quantitative estimate of drug-likeness (QED) is 0.669. The van der Waals surface area contributed by atoms with Crippen molar-refractivity contribution in [3.8, 4) is 5.75 Å². The van der Waals surface area contributed by atoms with Gasteiger partial charge in [0.1, 0.15) is 0 Å². The average molecular weight is 291 g/mol. The normalized spacial score (nSPS) is 10.8. The van der Waals surface area contributed by atoms with E-state index in [1.807, 2.05) is 19.0 Å². The fourth-order valence-electron chi connectivity index (χ4n) is 1.29. The molecule has 0 unspecified atom stereocenters. The highest BCUT2D eigenvalue weighted by atomic mass is 79.9. The number of ether oxygens (including phenoxy) is 1. The van der Waals surface area contributed by atoms with Crippen molar-refractivity contribution < 1.29 is 9.13 Å². The van der Waals surface area contributed by atoms with E-state index in [0.29, 0.717) is 16.8 Å². The highest BCUT2D eigenvalue weighted by Crippen LogP contribution is 2.29. The molecule has 0 heterocycles. The van der Waals surface area contributed by atoms with Crippen molar-refractivity contribution in [1.29, 1.82) is 0 Å². The van der Waals surface area contributed by atoms with Gasteiger partial charge < -0.3 is 15.4 Å². The third kappa shape index (κ3) is 3.98. The van der Waals surface area contributed by atoms with Crippen molar-refractivity contribution in [3.63, 3.8) is 0 Å². The van der Waals surface area contributed by atoms with Gasteiger partial charge in [0.2, 0.25) is 0 Å². The molecule has 1 aromatic rings. The first-order valence-corrected chi connectivity index (χ1v) is 5.82. The predicted octanol–water partition coefficient (Wildman–Crippen LogP) is 2.50. The van der Waals surface area contributed by atoms with Crippen LogP contribution in [0.25, 0.3) is 0 Å². The number of benzene rings is 1. The average Bonchev–Trinajstić information content (AvgIpc) is 2.14. The molecule has 5 heteroatoms. The minimum Gasteiger partial charge on any atom is -0.488 e. The van der Waals surface area contributed by atoms with Gasteiger partial charge in [-0.2, -0.15) is 0 Å². The molecule has 2 N–H and O–H groups in total. The van der Waals surface area contributed by atoms with E-state index in [-0.39, 0.29) is 5.75 Å². The van der Waals surface area contributed by atoms with Crippen molar-refractivity contribution in [2.24, 2.45) is 0 Å². The molecule has 16 heavy (non-hydrogen) atoms. The summed E-state index contributed by atoms with van der Waals surface area (Å²) >= 11 is 3.17. The third-order valence-electron chi connectivity index (χ3n) is 2.03. The monoisotopic (exact) mass is 290 g/mol. The zero-order valence-electron chi connectivity index (χ0n) is 9.46. The smallest absolute Gasteiger partial charge is 0.177 e. The molecule has 0 bridgehead atoms. The van der Waals surface area contributed by atoms with Crippen LogP contribution in [0.1, 0.15) is 6.42 Å². The van der Waals surface area contributed by atoms with E-state index in [9.17, 15) is 4.39 Å². The van der Waals surface area contributed by atoms with Crippen LogP contribution in [0.15, 0.2) is 16.6 Å². The lowest BCUT2D eigenvalue weighted by Crippen LogP contribution is -2.16. The summed E-state index contributed by atoms with van der Waals surface area (Å²) in [7, 11) is 3.96. The molecule has 0 saturated carbocycles. The molecule has 0 aromatic heterocycles. The van der Waals surface area contributed by atoms with Gasteiger partial charge in [0, 0.05) is 11.0 Å². The molecule has 0 atom stereocenters. The lowest BCUT2D eigenvalue weighted by atomic mass is 10.3. The van der Waals surface area contributed by atoms with Gasteiger partial charge >= 0.3 is 0 Å². The van der Waals surface area contributed by atoms with Crippen molar-refractivity contribution in [2.75, 3.05) is 33.0 Å². The summed E-state index contributed by atoms with van der Waals surface area (Å²) in [6.07, 6.45) is 0.835. The Morgan fingerprint density at radius 3 is 2.69 bits per heavy atom. The molecule has 0 fully saturated rings. The van der Waals surface area contributed by atoms with Gasteiger partial charge in [0.15, 0.2) is 11.6 Å². The number of halogens is 2. The van der Waals surface area contributed by atoms with Gasteiger partial charge in [0.25, 0.3) is 0 Å². The van der Waals surface area contributed by atoms with E-state index in [2.05, 4.69) is 15.9 Å². The Kier molecular flexibility index (Phi) is 5.02.